The number of aromatic nitrogens is 2. The van der Waals surface area contributed by atoms with Gasteiger partial charge in [0.15, 0.2) is 5.69 Å². The van der Waals surface area contributed by atoms with Gasteiger partial charge in [-0.1, -0.05) is 0 Å². The molecule has 2 aromatic heterocycles. The van der Waals surface area contributed by atoms with Gasteiger partial charge in [-0.3, -0.25) is 15.0 Å². The third kappa shape index (κ3) is 4.51. The molecule has 0 saturated carbocycles. The minimum absolute atomic E-state index is 0.136. The van der Waals surface area contributed by atoms with Crippen molar-refractivity contribution in [1.82, 2.24) is 9.97 Å². The molecule has 2 rings (SSSR count). The zero-order valence-corrected chi connectivity index (χ0v) is 15.1. The normalized spacial score (nSPS) is 11.0. The largest absolute Gasteiger partial charge is 0.444 e. The van der Waals surface area contributed by atoms with E-state index in [0.29, 0.717) is 17.2 Å². The van der Waals surface area contributed by atoms with Crippen LogP contribution in [0.1, 0.15) is 37.0 Å². The second kappa shape index (κ2) is 6.96. The third-order valence-corrected chi connectivity index (χ3v) is 3.51. The zero-order valence-electron chi connectivity index (χ0n) is 14.3. The molecule has 0 aromatic carbocycles. The number of amides is 2. The number of nitrogens with one attached hydrogen (secondary N) is 1. The summed E-state index contributed by atoms with van der Waals surface area (Å²) >= 11 is 1.39. The number of thiazole rings is 1. The van der Waals surface area contributed by atoms with E-state index in [1.807, 2.05) is 0 Å². The Balaban J connectivity index is 2.27. The number of ether oxygens (including phenoxy) is 1. The molecule has 1 N–H and O–H groups in total. The van der Waals surface area contributed by atoms with Crippen LogP contribution in [0.5, 0.6) is 0 Å². The number of anilines is 2. The maximum atomic E-state index is 12.7. The van der Waals surface area contributed by atoms with Crippen molar-refractivity contribution in [3.63, 3.8) is 0 Å². The van der Waals surface area contributed by atoms with Gasteiger partial charge in [-0.05, 0) is 39.8 Å². The fraction of sp³-hybridized carbons (Fsp3) is 0.375. The first-order chi connectivity index (χ1) is 11.2. The lowest BCUT2D eigenvalue weighted by Gasteiger charge is -2.21. The third-order valence-electron chi connectivity index (χ3n) is 2.94. The van der Waals surface area contributed by atoms with Crippen LogP contribution in [0.3, 0.4) is 0 Å². The van der Waals surface area contributed by atoms with E-state index in [4.69, 9.17) is 4.74 Å². The van der Waals surface area contributed by atoms with E-state index in [9.17, 15) is 9.59 Å². The van der Waals surface area contributed by atoms with E-state index in [1.54, 1.807) is 57.8 Å². The predicted octanol–water partition coefficient (Wildman–Crippen LogP) is 3.47. The van der Waals surface area contributed by atoms with Crippen LogP contribution in [-0.2, 0) is 4.74 Å². The maximum absolute atomic E-state index is 12.7. The van der Waals surface area contributed by atoms with E-state index in [-0.39, 0.29) is 11.6 Å². The number of carbonyl (C=O) groups is 2. The van der Waals surface area contributed by atoms with E-state index in [1.165, 1.54) is 16.2 Å². The van der Waals surface area contributed by atoms with E-state index in [2.05, 4.69) is 15.3 Å². The fourth-order valence-electron chi connectivity index (χ4n) is 1.87. The number of hydrogen-bond donors (Lipinski definition) is 1. The highest BCUT2D eigenvalue weighted by atomic mass is 32.1. The van der Waals surface area contributed by atoms with E-state index < -0.39 is 11.7 Å². The molecule has 2 amide bonds. The Morgan fingerprint density at radius 3 is 2.58 bits per heavy atom. The molecule has 0 radical (unpaired) electrons. The van der Waals surface area contributed by atoms with Gasteiger partial charge >= 0.3 is 6.09 Å². The van der Waals surface area contributed by atoms with Gasteiger partial charge in [0.1, 0.15) is 11.4 Å². The molecule has 0 unspecified atom stereocenters. The summed E-state index contributed by atoms with van der Waals surface area (Å²) < 4.78 is 5.23. The maximum Gasteiger partial charge on any atom is 0.412 e. The number of hydrogen-bond acceptors (Lipinski definition) is 6. The summed E-state index contributed by atoms with van der Waals surface area (Å²) in [5, 5.41) is 4.34. The lowest BCUT2D eigenvalue weighted by Crippen LogP contribution is -2.31. The highest BCUT2D eigenvalue weighted by Gasteiger charge is 2.23. The van der Waals surface area contributed by atoms with Crippen molar-refractivity contribution < 1.29 is 14.3 Å². The van der Waals surface area contributed by atoms with Crippen molar-refractivity contribution in [3.05, 3.63) is 34.4 Å². The van der Waals surface area contributed by atoms with Crippen LogP contribution in [-0.4, -0.2) is 34.6 Å². The molecule has 2 heterocycles. The quantitative estimate of drug-likeness (QED) is 0.918. The number of aryl methyl sites for hydroxylation is 1. The molecule has 0 aliphatic carbocycles. The van der Waals surface area contributed by atoms with Crippen LogP contribution in [0.25, 0.3) is 0 Å². The average molecular weight is 348 g/mol. The molecule has 0 aliphatic rings. The lowest BCUT2D eigenvalue weighted by molar-refractivity contribution is 0.0636. The molecule has 0 aliphatic heterocycles. The van der Waals surface area contributed by atoms with Gasteiger partial charge in [-0.25, -0.2) is 14.8 Å². The van der Waals surface area contributed by atoms with Gasteiger partial charge in [0.05, 0.1) is 11.2 Å². The molecule has 8 heteroatoms. The summed E-state index contributed by atoms with van der Waals surface area (Å²) in [7, 11) is 1.61. The Labute approximate surface area is 144 Å². The number of nitrogens with zero attached hydrogens (tertiary/aromatic N) is 3. The van der Waals surface area contributed by atoms with Crippen molar-refractivity contribution >= 4 is 34.8 Å². The second-order valence-corrected chi connectivity index (χ2v) is 6.91. The number of carbonyl (C=O) groups excluding carboxylic acids is 2. The minimum atomic E-state index is -0.640. The first kappa shape index (κ1) is 17.9. The zero-order chi connectivity index (χ0) is 17.9. The summed E-state index contributed by atoms with van der Waals surface area (Å²) in [6.07, 6.45) is -0.640. The topological polar surface area (TPSA) is 84.4 Å². The molecule has 7 nitrogen and oxygen atoms in total. The van der Waals surface area contributed by atoms with Crippen LogP contribution in [0.2, 0.25) is 0 Å². The predicted molar refractivity (Wildman–Crippen MR) is 93.7 cm³/mol. The van der Waals surface area contributed by atoms with E-state index >= 15 is 0 Å². The van der Waals surface area contributed by atoms with Crippen LogP contribution >= 0.6 is 11.3 Å². The molecule has 128 valence electrons. The monoisotopic (exact) mass is 348 g/mol. The average Bonchev–Trinajstić information content (AvgIpc) is 3.00. The van der Waals surface area contributed by atoms with Gasteiger partial charge in [0.2, 0.25) is 0 Å². The van der Waals surface area contributed by atoms with Crippen LogP contribution in [0.4, 0.5) is 16.3 Å². The molecule has 24 heavy (non-hydrogen) atoms. The first-order valence-electron chi connectivity index (χ1n) is 7.31. The molecule has 0 spiro atoms. The summed E-state index contributed by atoms with van der Waals surface area (Å²) in [5.74, 6) is 0.159. The van der Waals surface area contributed by atoms with Gasteiger partial charge in [0.25, 0.3) is 5.91 Å². The molecule has 0 saturated heterocycles. The van der Waals surface area contributed by atoms with Crippen molar-refractivity contribution in [2.45, 2.75) is 33.3 Å². The minimum Gasteiger partial charge on any atom is -0.444 e. The Hall–Kier alpha value is -2.48. The van der Waals surface area contributed by atoms with Crippen LogP contribution in [0, 0.1) is 6.92 Å². The van der Waals surface area contributed by atoms with Crippen molar-refractivity contribution in [1.29, 1.82) is 0 Å². The van der Waals surface area contributed by atoms with Crippen LogP contribution < -0.4 is 10.2 Å². The second-order valence-electron chi connectivity index (χ2n) is 6.19. The summed E-state index contributed by atoms with van der Waals surface area (Å²) in [4.78, 5) is 34.5. The molecular formula is C16H20N4O3S. The summed E-state index contributed by atoms with van der Waals surface area (Å²) in [5.41, 5.74) is 2.10. The van der Waals surface area contributed by atoms with Crippen molar-refractivity contribution in [2.24, 2.45) is 0 Å². The summed E-state index contributed by atoms with van der Waals surface area (Å²) in [6.45, 7) is 7.07. The Kier molecular flexibility index (Phi) is 5.18. The SMILES string of the molecule is Cc1ccc(NC(=O)OC(C)(C)C)c(C(=O)N(C)c2cscn2)n1. The van der Waals surface area contributed by atoms with Gasteiger partial charge in [-0.2, -0.15) is 0 Å². The molecule has 0 bridgehead atoms. The Bertz CT molecular complexity index is 738. The fourth-order valence-corrected chi connectivity index (χ4v) is 2.44. The van der Waals surface area contributed by atoms with Gasteiger partial charge in [0, 0.05) is 18.1 Å². The Morgan fingerprint density at radius 1 is 1.29 bits per heavy atom. The number of rotatable bonds is 3. The van der Waals surface area contributed by atoms with Gasteiger partial charge < -0.3 is 4.74 Å². The smallest absolute Gasteiger partial charge is 0.412 e. The highest BCUT2D eigenvalue weighted by molar-refractivity contribution is 7.07. The van der Waals surface area contributed by atoms with Gasteiger partial charge in [-0.15, -0.1) is 11.3 Å². The van der Waals surface area contributed by atoms with Crippen molar-refractivity contribution in [2.75, 3.05) is 17.3 Å². The highest BCUT2D eigenvalue weighted by Crippen LogP contribution is 2.21. The Morgan fingerprint density at radius 2 is 2.00 bits per heavy atom. The van der Waals surface area contributed by atoms with Crippen molar-refractivity contribution in [3.8, 4) is 0 Å². The lowest BCUT2D eigenvalue weighted by atomic mass is 10.2. The summed E-state index contributed by atoms with van der Waals surface area (Å²) in [6, 6.07) is 3.35. The first-order valence-corrected chi connectivity index (χ1v) is 8.25. The molecular weight excluding hydrogens is 328 g/mol. The molecule has 0 fully saturated rings. The number of pyridine rings is 1. The van der Waals surface area contributed by atoms with E-state index in [0.717, 1.165) is 0 Å². The standard InChI is InChI=1S/C16H20N4O3S/c1-10-6-7-11(19-15(22)23-16(2,3)4)13(18-10)14(21)20(5)12-8-24-9-17-12/h6-9H,1-5H3,(H,19,22). The molecule has 2 aromatic rings. The molecule has 0 atom stereocenters. The van der Waals surface area contributed by atoms with Crippen LogP contribution in [0.15, 0.2) is 23.0 Å².